The van der Waals surface area contributed by atoms with Crippen LogP contribution in [-0.4, -0.2) is 19.2 Å². The molecule has 0 bridgehead atoms. The summed E-state index contributed by atoms with van der Waals surface area (Å²) in [5.41, 5.74) is 5.70. The Morgan fingerprint density at radius 3 is 3.00 bits per heavy atom. The molecule has 2 heterocycles. The molecule has 2 nitrogen and oxygen atoms in total. The molecular weight excluding hydrogens is 186 g/mol. The zero-order chi connectivity index (χ0) is 10.4. The van der Waals surface area contributed by atoms with Gasteiger partial charge in [-0.15, -0.1) is 0 Å². The molecule has 15 heavy (non-hydrogen) atoms. The summed E-state index contributed by atoms with van der Waals surface area (Å²) < 4.78 is 5.89. The highest BCUT2D eigenvalue weighted by Gasteiger charge is 2.34. The lowest BCUT2D eigenvalue weighted by Crippen LogP contribution is -2.27. The molecule has 1 aromatic rings. The average Bonchev–Trinajstić information content (AvgIpc) is 2.65. The first-order valence-corrected chi connectivity index (χ1v) is 5.68. The van der Waals surface area contributed by atoms with E-state index in [0.29, 0.717) is 12.0 Å². The average molecular weight is 203 g/mol. The summed E-state index contributed by atoms with van der Waals surface area (Å²) >= 11 is 0. The van der Waals surface area contributed by atoms with Gasteiger partial charge in [0.1, 0.15) is 0 Å². The predicted octanol–water partition coefficient (Wildman–Crippen LogP) is 1.89. The van der Waals surface area contributed by atoms with Crippen LogP contribution in [0.2, 0.25) is 0 Å². The molecule has 0 unspecified atom stereocenters. The Kier molecular flexibility index (Phi) is 2.08. The number of nitrogens with one attached hydrogen (secondary N) is 1. The van der Waals surface area contributed by atoms with E-state index >= 15 is 0 Å². The highest BCUT2D eigenvalue weighted by molar-refractivity contribution is 5.42. The number of ether oxygens (including phenoxy) is 1. The van der Waals surface area contributed by atoms with Gasteiger partial charge < -0.3 is 10.1 Å². The summed E-state index contributed by atoms with van der Waals surface area (Å²) in [5.74, 6) is 0.576. The topological polar surface area (TPSA) is 21.3 Å². The zero-order valence-corrected chi connectivity index (χ0v) is 9.34. The van der Waals surface area contributed by atoms with Crippen molar-refractivity contribution >= 4 is 0 Å². The van der Waals surface area contributed by atoms with E-state index in [9.17, 15) is 0 Å². The fourth-order valence-corrected chi connectivity index (χ4v) is 2.89. The van der Waals surface area contributed by atoms with Crippen LogP contribution in [0.1, 0.15) is 28.2 Å². The van der Waals surface area contributed by atoms with Gasteiger partial charge in [0.25, 0.3) is 0 Å². The van der Waals surface area contributed by atoms with Gasteiger partial charge in [-0.2, -0.15) is 0 Å². The molecule has 2 aliphatic heterocycles. The second kappa shape index (κ2) is 3.32. The molecule has 0 spiro atoms. The third-order valence-corrected chi connectivity index (χ3v) is 3.65. The van der Waals surface area contributed by atoms with Crippen molar-refractivity contribution in [3.05, 3.63) is 34.4 Å². The van der Waals surface area contributed by atoms with E-state index < -0.39 is 0 Å². The first kappa shape index (κ1) is 9.37. The smallest absolute Gasteiger partial charge is 0.0784 e. The van der Waals surface area contributed by atoms with Gasteiger partial charge in [-0.05, 0) is 30.5 Å². The van der Waals surface area contributed by atoms with Crippen molar-refractivity contribution in [2.45, 2.75) is 32.5 Å². The van der Waals surface area contributed by atoms with Crippen LogP contribution in [0, 0.1) is 13.8 Å². The lowest BCUT2D eigenvalue weighted by atomic mass is 9.86. The monoisotopic (exact) mass is 203 g/mol. The number of rotatable bonds is 0. The lowest BCUT2D eigenvalue weighted by molar-refractivity contribution is 0.0295. The summed E-state index contributed by atoms with van der Waals surface area (Å²) in [6, 6.07) is 4.60. The Morgan fingerprint density at radius 1 is 1.27 bits per heavy atom. The minimum Gasteiger partial charge on any atom is -0.372 e. The van der Waals surface area contributed by atoms with Gasteiger partial charge in [0, 0.05) is 19.0 Å². The van der Waals surface area contributed by atoms with E-state index in [-0.39, 0.29) is 0 Å². The van der Waals surface area contributed by atoms with Gasteiger partial charge >= 0.3 is 0 Å². The molecule has 2 aliphatic rings. The van der Waals surface area contributed by atoms with Gasteiger partial charge in [-0.25, -0.2) is 0 Å². The van der Waals surface area contributed by atoms with Gasteiger partial charge in [0.2, 0.25) is 0 Å². The SMILES string of the molecule is Cc1cc(C)c2c(c1)[C@H]1CNC[C@@H]1OC2. The van der Waals surface area contributed by atoms with E-state index in [1.54, 1.807) is 0 Å². The van der Waals surface area contributed by atoms with Crippen molar-refractivity contribution in [3.8, 4) is 0 Å². The maximum atomic E-state index is 5.89. The van der Waals surface area contributed by atoms with Crippen LogP contribution in [0.4, 0.5) is 0 Å². The number of fused-ring (bicyclic) bond motifs is 3. The Balaban J connectivity index is 2.12. The fourth-order valence-electron chi connectivity index (χ4n) is 2.89. The number of aryl methyl sites for hydroxylation is 2. The van der Waals surface area contributed by atoms with Gasteiger partial charge in [-0.3, -0.25) is 0 Å². The molecule has 0 aromatic heterocycles. The zero-order valence-electron chi connectivity index (χ0n) is 9.34. The van der Waals surface area contributed by atoms with Crippen LogP contribution in [0.3, 0.4) is 0 Å². The standard InChI is InChI=1S/C13H17NO/c1-8-3-9(2)12-7-15-13-6-14-5-11(13)10(12)4-8/h3-4,11,13-14H,5-7H2,1-2H3/t11-,13+/m1/s1. The van der Waals surface area contributed by atoms with Gasteiger partial charge in [0.05, 0.1) is 12.7 Å². The minimum absolute atomic E-state index is 0.402. The largest absolute Gasteiger partial charge is 0.372 e. The van der Waals surface area contributed by atoms with E-state index in [1.165, 1.54) is 22.3 Å². The molecule has 2 heteroatoms. The third kappa shape index (κ3) is 1.40. The predicted molar refractivity (Wildman–Crippen MR) is 60.1 cm³/mol. The van der Waals surface area contributed by atoms with Gasteiger partial charge in [0.15, 0.2) is 0 Å². The molecule has 0 aliphatic carbocycles. The highest BCUT2D eigenvalue weighted by atomic mass is 16.5. The van der Waals surface area contributed by atoms with Gasteiger partial charge in [-0.1, -0.05) is 17.7 Å². The molecule has 1 saturated heterocycles. The van der Waals surface area contributed by atoms with Crippen molar-refractivity contribution in [2.75, 3.05) is 13.1 Å². The van der Waals surface area contributed by atoms with Crippen LogP contribution < -0.4 is 5.32 Å². The first-order valence-electron chi connectivity index (χ1n) is 5.68. The molecule has 2 atom stereocenters. The van der Waals surface area contributed by atoms with E-state index in [1.807, 2.05) is 0 Å². The Bertz CT molecular complexity index is 400. The van der Waals surface area contributed by atoms with Crippen LogP contribution >= 0.6 is 0 Å². The molecule has 0 saturated carbocycles. The summed E-state index contributed by atoms with van der Waals surface area (Å²) in [5, 5.41) is 3.42. The van der Waals surface area contributed by atoms with Crippen molar-refractivity contribution < 1.29 is 4.74 Å². The van der Waals surface area contributed by atoms with Crippen molar-refractivity contribution in [3.63, 3.8) is 0 Å². The maximum Gasteiger partial charge on any atom is 0.0784 e. The quantitative estimate of drug-likeness (QED) is 0.695. The number of hydrogen-bond acceptors (Lipinski definition) is 2. The van der Waals surface area contributed by atoms with Crippen LogP contribution in [-0.2, 0) is 11.3 Å². The van der Waals surface area contributed by atoms with Crippen LogP contribution in [0.25, 0.3) is 0 Å². The van der Waals surface area contributed by atoms with Crippen LogP contribution in [0.5, 0.6) is 0 Å². The number of hydrogen-bond donors (Lipinski definition) is 1. The Hall–Kier alpha value is -0.860. The molecule has 1 fully saturated rings. The molecular formula is C13H17NO. The molecule has 1 aromatic carbocycles. The normalized spacial score (nSPS) is 28.7. The molecule has 0 amide bonds. The Morgan fingerprint density at radius 2 is 2.13 bits per heavy atom. The molecule has 1 N–H and O–H groups in total. The van der Waals surface area contributed by atoms with Crippen molar-refractivity contribution in [1.82, 2.24) is 5.32 Å². The molecule has 3 rings (SSSR count). The molecule has 80 valence electrons. The van der Waals surface area contributed by atoms with Crippen molar-refractivity contribution in [1.29, 1.82) is 0 Å². The molecule has 0 radical (unpaired) electrons. The third-order valence-electron chi connectivity index (χ3n) is 3.65. The summed E-state index contributed by atoms with van der Waals surface area (Å²) in [6.45, 7) is 7.25. The summed E-state index contributed by atoms with van der Waals surface area (Å²) in [6.07, 6.45) is 0.402. The highest BCUT2D eigenvalue weighted by Crippen LogP contribution is 2.35. The Labute approximate surface area is 90.6 Å². The van der Waals surface area contributed by atoms with Crippen molar-refractivity contribution in [2.24, 2.45) is 0 Å². The maximum absolute atomic E-state index is 5.89. The lowest BCUT2D eigenvalue weighted by Gasteiger charge is -2.29. The van der Waals surface area contributed by atoms with E-state index in [4.69, 9.17) is 4.74 Å². The van der Waals surface area contributed by atoms with Crippen LogP contribution in [0.15, 0.2) is 12.1 Å². The van der Waals surface area contributed by atoms with E-state index in [0.717, 1.165) is 19.7 Å². The van der Waals surface area contributed by atoms with E-state index in [2.05, 4.69) is 31.3 Å². The summed E-state index contributed by atoms with van der Waals surface area (Å²) in [4.78, 5) is 0. The summed E-state index contributed by atoms with van der Waals surface area (Å²) in [7, 11) is 0. The second-order valence-electron chi connectivity index (χ2n) is 4.76. The fraction of sp³-hybridized carbons (Fsp3) is 0.538. The second-order valence-corrected chi connectivity index (χ2v) is 4.76. The minimum atomic E-state index is 0.402. The number of benzene rings is 1. The first-order chi connectivity index (χ1) is 7.25.